The van der Waals surface area contributed by atoms with E-state index in [1.807, 2.05) is 24.3 Å². The molecule has 1 atom stereocenters. The predicted octanol–water partition coefficient (Wildman–Crippen LogP) is 3.73. The summed E-state index contributed by atoms with van der Waals surface area (Å²) >= 11 is 0. The number of carbonyl (C=O) groups is 1. The molecule has 2 aromatic rings. The van der Waals surface area contributed by atoms with Gasteiger partial charge in [0.2, 0.25) is 5.91 Å². The second-order valence-electron chi connectivity index (χ2n) is 8.43. The van der Waals surface area contributed by atoms with E-state index in [0.717, 1.165) is 17.7 Å². The van der Waals surface area contributed by atoms with Gasteiger partial charge in [-0.2, -0.15) is 0 Å². The lowest BCUT2D eigenvalue weighted by Gasteiger charge is -2.30. The van der Waals surface area contributed by atoms with E-state index in [9.17, 15) is 4.79 Å². The van der Waals surface area contributed by atoms with Crippen molar-refractivity contribution in [3.63, 3.8) is 0 Å². The van der Waals surface area contributed by atoms with E-state index in [1.54, 1.807) is 19.0 Å². The number of hydrogen-bond acceptors (Lipinski definition) is 3. The summed E-state index contributed by atoms with van der Waals surface area (Å²) in [6.45, 7) is 5.82. The third-order valence-corrected chi connectivity index (χ3v) is 5.39. The Morgan fingerprint density at radius 2 is 1.81 bits per heavy atom. The number of aliphatic imine (C=N–C) groups is 1. The number of hydrogen-bond donors (Lipinski definition) is 2. The van der Waals surface area contributed by atoms with Crippen molar-refractivity contribution in [2.75, 3.05) is 33.8 Å². The first-order chi connectivity index (χ1) is 14.4. The molecule has 0 saturated heterocycles. The minimum Gasteiger partial charge on any atom is -0.493 e. The number of amides is 1. The standard InChI is InChI=1S/C24H32N4O2.HI/c1-24(2,18-10-6-5-7-11-18)17-26-23(25-16-22(29)28(3)4)27-20-14-15-30-21-13-9-8-12-19(20)21;/h5-13,20H,14-17H2,1-4H3,(H2,25,26,27);1H. The number of nitrogens with one attached hydrogen (secondary N) is 2. The number of fused-ring (bicyclic) bond motifs is 1. The zero-order chi connectivity index (χ0) is 21.6. The van der Waals surface area contributed by atoms with Crippen molar-refractivity contribution in [3.8, 4) is 5.75 Å². The smallest absolute Gasteiger partial charge is 0.243 e. The van der Waals surface area contributed by atoms with Crippen LogP contribution in [0.2, 0.25) is 0 Å². The fourth-order valence-corrected chi connectivity index (χ4v) is 3.39. The van der Waals surface area contributed by atoms with Crippen molar-refractivity contribution >= 4 is 35.8 Å². The van der Waals surface area contributed by atoms with E-state index in [0.29, 0.717) is 19.1 Å². The Bertz CT molecular complexity index is 884. The van der Waals surface area contributed by atoms with Gasteiger partial charge in [0.05, 0.1) is 12.6 Å². The van der Waals surface area contributed by atoms with Crippen LogP contribution in [0, 0.1) is 0 Å². The van der Waals surface area contributed by atoms with Crippen LogP contribution in [-0.4, -0.2) is 50.6 Å². The quantitative estimate of drug-likeness (QED) is 0.336. The zero-order valence-electron chi connectivity index (χ0n) is 18.7. The number of halogens is 1. The molecule has 3 rings (SSSR count). The molecule has 0 saturated carbocycles. The third-order valence-electron chi connectivity index (χ3n) is 5.39. The van der Waals surface area contributed by atoms with Crippen LogP contribution in [0.15, 0.2) is 59.6 Å². The summed E-state index contributed by atoms with van der Waals surface area (Å²) in [5.74, 6) is 1.50. The summed E-state index contributed by atoms with van der Waals surface area (Å²) in [5, 5.41) is 6.98. The van der Waals surface area contributed by atoms with E-state index >= 15 is 0 Å². The van der Waals surface area contributed by atoms with E-state index in [4.69, 9.17) is 4.74 Å². The number of rotatable bonds is 6. The molecule has 7 heteroatoms. The Morgan fingerprint density at radius 1 is 1.13 bits per heavy atom. The number of likely N-dealkylation sites (N-methyl/N-ethyl adjacent to an activating group) is 1. The minimum atomic E-state index is -0.0944. The zero-order valence-corrected chi connectivity index (χ0v) is 21.1. The van der Waals surface area contributed by atoms with Gasteiger partial charge in [0, 0.05) is 38.0 Å². The molecule has 0 bridgehead atoms. The molecule has 31 heavy (non-hydrogen) atoms. The molecule has 6 nitrogen and oxygen atoms in total. The van der Waals surface area contributed by atoms with Gasteiger partial charge >= 0.3 is 0 Å². The van der Waals surface area contributed by atoms with Gasteiger partial charge in [0.15, 0.2) is 5.96 Å². The van der Waals surface area contributed by atoms with E-state index in [2.05, 4.69) is 59.8 Å². The predicted molar refractivity (Wildman–Crippen MR) is 136 cm³/mol. The number of benzene rings is 2. The molecular weight excluding hydrogens is 503 g/mol. The van der Waals surface area contributed by atoms with Crippen molar-refractivity contribution < 1.29 is 9.53 Å². The molecule has 0 spiro atoms. The maximum Gasteiger partial charge on any atom is 0.243 e. The molecule has 0 aromatic heterocycles. The normalized spacial score (nSPS) is 15.7. The second kappa shape index (κ2) is 11.4. The fraction of sp³-hybridized carbons (Fsp3) is 0.417. The van der Waals surface area contributed by atoms with Crippen LogP contribution < -0.4 is 15.4 Å². The molecule has 0 aliphatic carbocycles. The van der Waals surface area contributed by atoms with Crippen molar-refractivity contribution in [1.82, 2.24) is 15.5 Å². The fourth-order valence-electron chi connectivity index (χ4n) is 3.39. The number of nitrogens with zero attached hydrogens (tertiary/aromatic N) is 2. The highest BCUT2D eigenvalue weighted by molar-refractivity contribution is 14.0. The highest BCUT2D eigenvalue weighted by Crippen LogP contribution is 2.31. The van der Waals surface area contributed by atoms with Gasteiger partial charge in [-0.15, -0.1) is 24.0 Å². The van der Waals surface area contributed by atoms with Crippen LogP contribution in [0.4, 0.5) is 0 Å². The van der Waals surface area contributed by atoms with Gasteiger partial charge < -0.3 is 20.3 Å². The Kier molecular flexibility index (Phi) is 9.15. The SMILES string of the molecule is CN(C)C(=O)CN=C(NCC(C)(C)c1ccccc1)NC1CCOc2ccccc21.I. The topological polar surface area (TPSA) is 66.0 Å². The largest absolute Gasteiger partial charge is 0.493 e. The molecule has 2 aromatic carbocycles. The first kappa shape index (κ1) is 25.0. The summed E-state index contributed by atoms with van der Waals surface area (Å²) in [7, 11) is 3.48. The molecule has 2 N–H and O–H groups in total. The molecule has 0 radical (unpaired) electrons. The average molecular weight is 536 g/mol. The monoisotopic (exact) mass is 536 g/mol. The summed E-state index contributed by atoms with van der Waals surface area (Å²) < 4.78 is 5.78. The maximum atomic E-state index is 12.1. The first-order valence-corrected chi connectivity index (χ1v) is 10.4. The molecule has 1 aliphatic heterocycles. The van der Waals surface area contributed by atoms with Gasteiger partial charge in [0.1, 0.15) is 12.3 Å². The van der Waals surface area contributed by atoms with Gasteiger partial charge in [-0.3, -0.25) is 4.79 Å². The van der Waals surface area contributed by atoms with E-state index in [-0.39, 0.29) is 47.9 Å². The van der Waals surface area contributed by atoms with Crippen molar-refractivity contribution in [2.24, 2.45) is 4.99 Å². The van der Waals surface area contributed by atoms with E-state index < -0.39 is 0 Å². The highest BCUT2D eigenvalue weighted by Gasteiger charge is 2.24. The van der Waals surface area contributed by atoms with Crippen LogP contribution in [0.5, 0.6) is 5.75 Å². The number of carbonyl (C=O) groups excluding carboxylic acids is 1. The minimum absolute atomic E-state index is 0. The summed E-state index contributed by atoms with van der Waals surface area (Å²) in [6.07, 6.45) is 0.835. The number of para-hydroxylation sites is 1. The summed E-state index contributed by atoms with van der Waals surface area (Å²) in [4.78, 5) is 18.2. The molecule has 1 unspecified atom stereocenters. The van der Waals surface area contributed by atoms with Crippen LogP contribution in [0.3, 0.4) is 0 Å². The van der Waals surface area contributed by atoms with Crippen LogP contribution in [0.25, 0.3) is 0 Å². The molecule has 168 valence electrons. The van der Waals surface area contributed by atoms with Crippen LogP contribution in [0.1, 0.15) is 37.4 Å². The Morgan fingerprint density at radius 3 is 2.52 bits per heavy atom. The Balaban J connectivity index is 0.00000341. The molecule has 1 aliphatic rings. The Labute approximate surface area is 202 Å². The van der Waals surface area contributed by atoms with Crippen LogP contribution >= 0.6 is 24.0 Å². The second-order valence-corrected chi connectivity index (χ2v) is 8.43. The Hall–Kier alpha value is -2.29. The molecule has 0 fully saturated rings. The highest BCUT2D eigenvalue weighted by atomic mass is 127. The van der Waals surface area contributed by atoms with Crippen LogP contribution in [-0.2, 0) is 10.2 Å². The van der Waals surface area contributed by atoms with Crippen molar-refractivity contribution in [1.29, 1.82) is 0 Å². The van der Waals surface area contributed by atoms with Crippen molar-refractivity contribution in [2.45, 2.75) is 31.7 Å². The van der Waals surface area contributed by atoms with Gasteiger partial charge in [-0.05, 0) is 11.6 Å². The summed E-state index contributed by atoms with van der Waals surface area (Å²) in [6, 6.07) is 18.5. The lowest BCUT2D eigenvalue weighted by molar-refractivity contribution is -0.127. The van der Waals surface area contributed by atoms with Crippen molar-refractivity contribution in [3.05, 3.63) is 65.7 Å². The third kappa shape index (κ3) is 6.85. The average Bonchev–Trinajstić information content (AvgIpc) is 2.76. The maximum absolute atomic E-state index is 12.1. The molecule has 1 heterocycles. The van der Waals surface area contributed by atoms with Gasteiger partial charge in [-0.25, -0.2) is 4.99 Å². The lowest BCUT2D eigenvalue weighted by atomic mass is 9.85. The first-order valence-electron chi connectivity index (χ1n) is 10.4. The summed E-state index contributed by atoms with van der Waals surface area (Å²) in [5.41, 5.74) is 2.26. The van der Waals surface area contributed by atoms with Gasteiger partial charge in [0.25, 0.3) is 0 Å². The molecular formula is C24H33IN4O2. The lowest BCUT2D eigenvalue weighted by Crippen LogP contribution is -2.46. The van der Waals surface area contributed by atoms with Gasteiger partial charge in [-0.1, -0.05) is 62.4 Å². The molecule has 1 amide bonds. The van der Waals surface area contributed by atoms with E-state index in [1.165, 1.54) is 5.56 Å². The number of guanidine groups is 1. The number of ether oxygens (including phenoxy) is 1.